The second-order valence-corrected chi connectivity index (χ2v) is 6.73. The third-order valence-electron chi connectivity index (χ3n) is 4.01. The van der Waals surface area contributed by atoms with Crippen LogP contribution in [0.1, 0.15) is 19.4 Å². The maximum atomic E-state index is 12.8. The lowest BCUT2D eigenvalue weighted by molar-refractivity contribution is -0.122. The van der Waals surface area contributed by atoms with Crippen LogP contribution in [0.5, 0.6) is 11.5 Å². The highest BCUT2D eigenvalue weighted by Gasteiger charge is 2.32. The van der Waals surface area contributed by atoms with E-state index < -0.39 is 0 Å². The summed E-state index contributed by atoms with van der Waals surface area (Å²) in [6.07, 6.45) is 1.87. The van der Waals surface area contributed by atoms with Crippen LogP contribution < -0.4 is 9.47 Å². The summed E-state index contributed by atoms with van der Waals surface area (Å²) in [4.78, 5) is 19.8. The number of ether oxygens (including phenoxy) is 2. The molecule has 1 heterocycles. The van der Waals surface area contributed by atoms with Crippen molar-refractivity contribution in [3.63, 3.8) is 0 Å². The molecule has 1 amide bonds. The molecule has 0 bridgehead atoms. The van der Waals surface area contributed by atoms with Crippen molar-refractivity contribution in [3.8, 4) is 11.5 Å². The van der Waals surface area contributed by atoms with Gasteiger partial charge in [-0.15, -0.1) is 0 Å². The van der Waals surface area contributed by atoms with Gasteiger partial charge in [0.25, 0.3) is 5.91 Å². The third kappa shape index (κ3) is 4.34. The van der Waals surface area contributed by atoms with Crippen LogP contribution in [0, 0.1) is 0 Å². The van der Waals surface area contributed by atoms with Gasteiger partial charge in [-0.05, 0) is 62.0 Å². The third-order valence-corrected chi connectivity index (χ3v) is 5.01. The molecule has 0 unspecified atom stereocenters. The molecule has 0 aromatic heterocycles. The van der Waals surface area contributed by atoms with E-state index in [1.807, 2.05) is 68.5 Å². The number of hydrogen-bond acceptors (Lipinski definition) is 5. The quantitative estimate of drug-likeness (QED) is 0.679. The van der Waals surface area contributed by atoms with Gasteiger partial charge in [0.2, 0.25) is 0 Å². The maximum Gasteiger partial charge on any atom is 0.266 e. The zero-order valence-electron chi connectivity index (χ0n) is 15.6. The molecule has 2 aromatic rings. The van der Waals surface area contributed by atoms with Crippen LogP contribution in [0.3, 0.4) is 0 Å². The van der Waals surface area contributed by atoms with E-state index in [4.69, 9.17) is 9.47 Å². The lowest BCUT2D eigenvalue weighted by Gasteiger charge is -2.12. The highest BCUT2D eigenvalue weighted by atomic mass is 32.2. The molecule has 27 heavy (non-hydrogen) atoms. The summed E-state index contributed by atoms with van der Waals surface area (Å²) in [5.74, 6) is 1.50. The number of likely N-dealkylation sites (N-methyl/N-ethyl adjacent to an activating group) is 1. The maximum absolute atomic E-state index is 12.8. The first kappa shape index (κ1) is 19.0. The standard InChI is InChI=1S/C21H22N2O3S/c1-4-23-20(24)19(14-15-8-6-7-9-18(15)26-5-2)27-21(23)22-16-10-12-17(25-3)13-11-16/h6-14H,4-5H2,1-3H3/b19-14+,22-21?. The van der Waals surface area contributed by atoms with E-state index in [-0.39, 0.29) is 5.91 Å². The van der Waals surface area contributed by atoms with Crippen LogP contribution in [0.2, 0.25) is 0 Å². The number of methoxy groups -OCH3 is 1. The summed E-state index contributed by atoms with van der Waals surface area (Å²) >= 11 is 1.38. The summed E-state index contributed by atoms with van der Waals surface area (Å²) in [5, 5.41) is 0.674. The zero-order chi connectivity index (χ0) is 19.2. The number of para-hydroxylation sites is 1. The summed E-state index contributed by atoms with van der Waals surface area (Å²) in [6.45, 7) is 5.02. The van der Waals surface area contributed by atoms with Gasteiger partial charge in [-0.3, -0.25) is 9.69 Å². The highest BCUT2D eigenvalue weighted by molar-refractivity contribution is 8.18. The predicted octanol–water partition coefficient (Wildman–Crippen LogP) is 4.72. The van der Waals surface area contributed by atoms with Gasteiger partial charge in [0.05, 0.1) is 24.3 Å². The van der Waals surface area contributed by atoms with Crippen LogP contribution in [0.15, 0.2) is 58.4 Å². The molecule has 140 valence electrons. The van der Waals surface area contributed by atoms with Gasteiger partial charge in [-0.2, -0.15) is 0 Å². The van der Waals surface area contributed by atoms with Gasteiger partial charge in [0.15, 0.2) is 5.17 Å². The van der Waals surface area contributed by atoms with Crippen LogP contribution in [0.4, 0.5) is 5.69 Å². The molecule has 0 saturated carbocycles. The Bertz CT molecular complexity index is 875. The molecule has 6 heteroatoms. The van der Waals surface area contributed by atoms with Crippen molar-refractivity contribution in [2.75, 3.05) is 20.3 Å². The number of aliphatic imine (C=N–C) groups is 1. The first-order valence-electron chi connectivity index (χ1n) is 8.82. The van der Waals surface area contributed by atoms with Crippen molar-refractivity contribution in [1.82, 2.24) is 4.90 Å². The lowest BCUT2D eigenvalue weighted by atomic mass is 10.2. The number of carbonyl (C=O) groups excluding carboxylic acids is 1. The fourth-order valence-corrected chi connectivity index (χ4v) is 3.72. The van der Waals surface area contributed by atoms with E-state index in [1.54, 1.807) is 12.0 Å². The molecule has 0 spiro atoms. The summed E-state index contributed by atoms with van der Waals surface area (Å²) in [7, 11) is 1.63. The Labute approximate surface area is 163 Å². The number of thioether (sulfide) groups is 1. The molecule has 3 rings (SSSR count). The molecule has 2 aromatic carbocycles. The van der Waals surface area contributed by atoms with Gasteiger partial charge in [0.1, 0.15) is 11.5 Å². The van der Waals surface area contributed by atoms with Crippen molar-refractivity contribution >= 4 is 34.6 Å². The molecule has 1 aliphatic rings. The van der Waals surface area contributed by atoms with Crippen LogP contribution >= 0.6 is 11.8 Å². The van der Waals surface area contributed by atoms with Crippen molar-refractivity contribution in [2.45, 2.75) is 13.8 Å². The van der Waals surface area contributed by atoms with Crippen molar-refractivity contribution in [3.05, 3.63) is 59.0 Å². The average molecular weight is 382 g/mol. The predicted molar refractivity (Wildman–Crippen MR) is 111 cm³/mol. The molecular weight excluding hydrogens is 360 g/mol. The first-order valence-corrected chi connectivity index (χ1v) is 9.63. The van der Waals surface area contributed by atoms with E-state index in [2.05, 4.69) is 4.99 Å². The largest absolute Gasteiger partial charge is 0.497 e. The van der Waals surface area contributed by atoms with E-state index in [0.717, 1.165) is 22.7 Å². The summed E-state index contributed by atoms with van der Waals surface area (Å²) in [6, 6.07) is 15.2. The Morgan fingerprint density at radius 2 is 1.85 bits per heavy atom. The minimum atomic E-state index is -0.0407. The average Bonchev–Trinajstić information content (AvgIpc) is 2.98. The number of nitrogens with zero attached hydrogens (tertiary/aromatic N) is 2. The number of rotatable bonds is 6. The number of amides is 1. The lowest BCUT2D eigenvalue weighted by Crippen LogP contribution is -2.28. The summed E-state index contributed by atoms with van der Waals surface area (Å²) in [5.41, 5.74) is 1.66. The Morgan fingerprint density at radius 3 is 2.52 bits per heavy atom. The Hall–Kier alpha value is -2.73. The molecule has 1 aliphatic heterocycles. The summed E-state index contributed by atoms with van der Waals surface area (Å²) < 4.78 is 10.8. The molecule has 1 saturated heterocycles. The molecule has 0 radical (unpaired) electrons. The van der Waals surface area contributed by atoms with E-state index in [1.165, 1.54) is 11.8 Å². The SMILES string of the molecule is CCOc1ccccc1/C=C1/SC(=Nc2ccc(OC)cc2)N(CC)C1=O. The van der Waals surface area contributed by atoms with Gasteiger partial charge in [-0.1, -0.05) is 18.2 Å². The fraction of sp³-hybridized carbons (Fsp3) is 0.238. The van der Waals surface area contributed by atoms with Gasteiger partial charge in [0, 0.05) is 12.1 Å². The fourth-order valence-electron chi connectivity index (χ4n) is 2.67. The Kier molecular flexibility index (Phi) is 6.19. The molecule has 5 nitrogen and oxygen atoms in total. The molecule has 1 fully saturated rings. The van der Waals surface area contributed by atoms with Crippen molar-refractivity contribution in [1.29, 1.82) is 0 Å². The van der Waals surface area contributed by atoms with Crippen molar-refractivity contribution in [2.24, 2.45) is 4.99 Å². The number of amidine groups is 1. The zero-order valence-corrected chi connectivity index (χ0v) is 16.5. The van der Waals surface area contributed by atoms with Crippen LogP contribution in [0.25, 0.3) is 6.08 Å². The normalized spacial score (nSPS) is 17.0. The topological polar surface area (TPSA) is 51.1 Å². The van der Waals surface area contributed by atoms with E-state index in [9.17, 15) is 4.79 Å². The van der Waals surface area contributed by atoms with Gasteiger partial charge >= 0.3 is 0 Å². The Balaban J connectivity index is 1.91. The number of hydrogen-bond donors (Lipinski definition) is 0. The smallest absolute Gasteiger partial charge is 0.266 e. The first-order chi connectivity index (χ1) is 13.2. The molecule has 0 aliphatic carbocycles. The van der Waals surface area contributed by atoms with Gasteiger partial charge in [-0.25, -0.2) is 4.99 Å². The number of carbonyl (C=O) groups is 1. The molecule has 0 atom stereocenters. The molecule has 0 N–H and O–H groups in total. The van der Waals surface area contributed by atoms with Crippen molar-refractivity contribution < 1.29 is 14.3 Å². The number of benzene rings is 2. The van der Waals surface area contributed by atoms with Gasteiger partial charge < -0.3 is 9.47 Å². The van der Waals surface area contributed by atoms with Crippen LogP contribution in [-0.4, -0.2) is 36.2 Å². The van der Waals surface area contributed by atoms with E-state index >= 15 is 0 Å². The minimum absolute atomic E-state index is 0.0407. The monoisotopic (exact) mass is 382 g/mol. The van der Waals surface area contributed by atoms with E-state index in [0.29, 0.717) is 23.2 Å². The molecular formula is C21H22N2O3S. The minimum Gasteiger partial charge on any atom is -0.497 e. The second kappa shape index (κ2) is 8.77. The van der Waals surface area contributed by atoms with Crippen LogP contribution in [-0.2, 0) is 4.79 Å². The Morgan fingerprint density at radius 1 is 1.11 bits per heavy atom. The second-order valence-electron chi connectivity index (χ2n) is 5.72. The highest BCUT2D eigenvalue weighted by Crippen LogP contribution is 2.35.